The molecule has 6 heteroatoms. The Morgan fingerprint density at radius 3 is 2.33 bits per heavy atom. The smallest absolute Gasteiger partial charge is 0.410 e. The van der Waals surface area contributed by atoms with E-state index in [4.69, 9.17) is 14.9 Å². The summed E-state index contributed by atoms with van der Waals surface area (Å²) in [6.07, 6.45) is 5.01. The van der Waals surface area contributed by atoms with E-state index in [9.17, 15) is 4.79 Å². The van der Waals surface area contributed by atoms with Crippen LogP contribution in [0.1, 0.15) is 56.1 Å². The summed E-state index contributed by atoms with van der Waals surface area (Å²) in [4.78, 5) is 14.7. The van der Waals surface area contributed by atoms with E-state index in [2.05, 4.69) is 35.6 Å². The van der Waals surface area contributed by atoms with E-state index < -0.39 is 0 Å². The molecule has 1 amide bonds. The topological polar surface area (TPSA) is 74.7 Å². The molecule has 6 nitrogen and oxygen atoms in total. The number of rotatable bonds is 7. The summed E-state index contributed by atoms with van der Waals surface area (Å²) >= 11 is 0. The molecule has 33 heavy (non-hydrogen) atoms. The van der Waals surface area contributed by atoms with Crippen LogP contribution in [0.2, 0.25) is 0 Å². The Morgan fingerprint density at radius 1 is 1.00 bits per heavy atom. The molecule has 0 unspecified atom stereocenters. The lowest BCUT2D eigenvalue weighted by Gasteiger charge is -2.32. The van der Waals surface area contributed by atoms with Crippen molar-refractivity contribution in [2.24, 2.45) is 0 Å². The zero-order valence-electron chi connectivity index (χ0n) is 19.4. The molecule has 2 aromatic carbocycles. The summed E-state index contributed by atoms with van der Waals surface area (Å²) in [5.41, 5.74) is 2.39. The maximum atomic E-state index is 12.9. The van der Waals surface area contributed by atoms with Crippen molar-refractivity contribution in [3.63, 3.8) is 0 Å². The van der Waals surface area contributed by atoms with Gasteiger partial charge >= 0.3 is 6.09 Å². The number of hydrogen-bond acceptors (Lipinski definition) is 4. The van der Waals surface area contributed by atoms with E-state index >= 15 is 0 Å². The molecule has 2 atom stereocenters. The third-order valence-electron chi connectivity index (χ3n) is 6.84. The van der Waals surface area contributed by atoms with Gasteiger partial charge in [-0.3, -0.25) is 5.41 Å². The van der Waals surface area contributed by atoms with Crippen LogP contribution >= 0.6 is 0 Å². The highest BCUT2D eigenvalue weighted by Crippen LogP contribution is 2.34. The Morgan fingerprint density at radius 2 is 1.67 bits per heavy atom. The van der Waals surface area contributed by atoms with Gasteiger partial charge in [-0.1, -0.05) is 60.7 Å². The van der Waals surface area contributed by atoms with Crippen molar-refractivity contribution in [2.45, 2.75) is 69.7 Å². The summed E-state index contributed by atoms with van der Waals surface area (Å²) in [6.45, 7) is 3.06. The average Bonchev–Trinajstić information content (AvgIpc) is 3.24. The van der Waals surface area contributed by atoms with Gasteiger partial charge in [-0.05, 0) is 56.1 Å². The lowest BCUT2D eigenvalue weighted by atomic mass is 9.83. The van der Waals surface area contributed by atoms with Crippen LogP contribution < -0.4 is 5.32 Å². The zero-order valence-corrected chi connectivity index (χ0v) is 19.4. The molecule has 0 aromatic heterocycles. The molecule has 2 aliphatic rings. The van der Waals surface area contributed by atoms with E-state index in [0.717, 1.165) is 37.7 Å². The monoisotopic (exact) mass is 449 g/mol. The van der Waals surface area contributed by atoms with Crippen LogP contribution in [0.4, 0.5) is 4.79 Å². The summed E-state index contributed by atoms with van der Waals surface area (Å²) in [5.74, 6) is 1.02. The summed E-state index contributed by atoms with van der Waals surface area (Å²) < 4.78 is 11.9. The first-order valence-electron chi connectivity index (χ1n) is 12.1. The van der Waals surface area contributed by atoms with Crippen molar-refractivity contribution in [3.05, 3.63) is 71.8 Å². The second kappa shape index (κ2) is 11.3. The van der Waals surface area contributed by atoms with Crippen LogP contribution in [0.3, 0.4) is 0 Å². The predicted octanol–water partition coefficient (Wildman–Crippen LogP) is 5.10. The fraction of sp³-hybridized carbons (Fsp3) is 0.481. The normalized spacial score (nSPS) is 24.9. The number of hydrogen-bond donors (Lipinski definition) is 2. The lowest BCUT2D eigenvalue weighted by Crippen LogP contribution is -2.49. The first-order chi connectivity index (χ1) is 16.1. The van der Waals surface area contributed by atoms with Crippen molar-refractivity contribution in [2.75, 3.05) is 13.2 Å². The number of amides is 1. The minimum Gasteiger partial charge on any atom is -0.445 e. The van der Waals surface area contributed by atoms with E-state index in [0.29, 0.717) is 24.9 Å². The third kappa shape index (κ3) is 6.35. The Balaban J connectivity index is 1.31. The molecule has 1 saturated heterocycles. The van der Waals surface area contributed by atoms with Crippen LogP contribution in [-0.4, -0.2) is 48.2 Å². The van der Waals surface area contributed by atoms with Crippen LogP contribution in [0.5, 0.6) is 0 Å². The van der Waals surface area contributed by atoms with Gasteiger partial charge in [0.1, 0.15) is 6.61 Å². The van der Waals surface area contributed by atoms with Gasteiger partial charge in [0.2, 0.25) is 0 Å². The van der Waals surface area contributed by atoms with Gasteiger partial charge in [0.05, 0.1) is 30.6 Å². The van der Waals surface area contributed by atoms with Crippen LogP contribution in [-0.2, 0) is 16.1 Å². The molecule has 0 bridgehead atoms. The predicted molar refractivity (Wildman–Crippen MR) is 129 cm³/mol. The first-order valence-corrected chi connectivity index (χ1v) is 12.1. The van der Waals surface area contributed by atoms with E-state index in [1.807, 2.05) is 30.3 Å². The molecule has 1 saturated carbocycles. The fourth-order valence-electron chi connectivity index (χ4n) is 5.06. The molecule has 176 valence electrons. The van der Waals surface area contributed by atoms with Gasteiger partial charge in [-0.25, -0.2) is 4.79 Å². The Labute approximate surface area is 196 Å². The number of nitrogens with one attached hydrogen (secondary N) is 2. The van der Waals surface area contributed by atoms with Crippen molar-refractivity contribution in [3.8, 4) is 0 Å². The Hall–Kier alpha value is -2.86. The molecule has 1 heterocycles. The molecule has 0 radical (unpaired) electrons. The van der Waals surface area contributed by atoms with Crippen molar-refractivity contribution in [1.29, 1.82) is 5.41 Å². The summed E-state index contributed by atoms with van der Waals surface area (Å²) in [7, 11) is 0. The van der Waals surface area contributed by atoms with Crippen LogP contribution in [0.15, 0.2) is 60.7 Å². The highest BCUT2D eigenvalue weighted by molar-refractivity contribution is 5.76. The highest BCUT2D eigenvalue weighted by Gasteiger charge is 2.39. The largest absolute Gasteiger partial charge is 0.445 e. The maximum absolute atomic E-state index is 12.9. The molecule has 4 rings (SSSR count). The molecular formula is C27H35N3O3. The minimum atomic E-state index is -0.313. The third-order valence-corrected chi connectivity index (χ3v) is 6.84. The van der Waals surface area contributed by atoms with Gasteiger partial charge < -0.3 is 19.7 Å². The van der Waals surface area contributed by atoms with Gasteiger partial charge in [-0.2, -0.15) is 0 Å². The van der Waals surface area contributed by atoms with Crippen molar-refractivity contribution < 1.29 is 14.3 Å². The quantitative estimate of drug-likeness (QED) is 0.456. The van der Waals surface area contributed by atoms with Crippen LogP contribution in [0.25, 0.3) is 0 Å². The van der Waals surface area contributed by atoms with Crippen molar-refractivity contribution in [1.82, 2.24) is 10.2 Å². The first kappa shape index (κ1) is 23.3. The highest BCUT2D eigenvalue weighted by atomic mass is 16.6. The summed E-state index contributed by atoms with van der Waals surface area (Å²) in [6, 6.07) is 20.3. The molecule has 0 spiro atoms. The number of amidine groups is 1. The molecular weight excluding hydrogens is 414 g/mol. The second-order valence-electron chi connectivity index (χ2n) is 9.18. The SMILES string of the molecule is CC(=N)N[C@@H]1CCN(C(=O)OCc2ccccc2)[C@@H]1CO[C@H]1CC[C@@H](c2ccccc2)CC1. The van der Waals surface area contributed by atoms with Gasteiger partial charge in [0, 0.05) is 6.54 Å². The van der Waals surface area contributed by atoms with E-state index in [-0.39, 0.29) is 30.9 Å². The lowest BCUT2D eigenvalue weighted by molar-refractivity contribution is -0.00768. The Kier molecular flexibility index (Phi) is 8.00. The maximum Gasteiger partial charge on any atom is 0.410 e. The van der Waals surface area contributed by atoms with E-state index in [1.165, 1.54) is 5.56 Å². The van der Waals surface area contributed by atoms with Gasteiger partial charge in [-0.15, -0.1) is 0 Å². The number of nitrogens with zero attached hydrogens (tertiary/aromatic N) is 1. The zero-order chi connectivity index (χ0) is 23.0. The molecule has 1 aliphatic heterocycles. The second-order valence-corrected chi connectivity index (χ2v) is 9.18. The number of ether oxygens (including phenoxy) is 2. The average molecular weight is 450 g/mol. The number of benzene rings is 2. The van der Waals surface area contributed by atoms with Gasteiger partial charge in [0.15, 0.2) is 0 Å². The van der Waals surface area contributed by atoms with Crippen LogP contribution in [0, 0.1) is 5.41 Å². The summed E-state index contributed by atoms with van der Waals surface area (Å²) in [5, 5.41) is 11.1. The molecule has 2 fully saturated rings. The standard InChI is InChI=1S/C27H35N3O3/c1-20(28)29-25-16-17-30(27(31)33-18-21-8-4-2-5-9-21)26(25)19-32-24-14-12-23(13-15-24)22-10-6-3-7-11-22/h2-11,23-26H,12-19H2,1H3,(H2,28,29)/t23-,24+,25-,26-/m1/s1. The molecule has 1 aliphatic carbocycles. The number of likely N-dealkylation sites (tertiary alicyclic amines) is 1. The van der Waals surface area contributed by atoms with E-state index in [1.54, 1.807) is 11.8 Å². The minimum absolute atomic E-state index is 0.00688. The molecule has 2 N–H and O–H groups in total. The molecule has 2 aromatic rings. The van der Waals surface area contributed by atoms with Gasteiger partial charge in [0.25, 0.3) is 0 Å². The fourth-order valence-corrected chi connectivity index (χ4v) is 5.06. The number of carbonyl (C=O) groups excluding carboxylic acids is 1. The number of carbonyl (C=O) groups is 1. The Bertz CT molecular complexity index is 897. The van der Waals surface area contributed by atoms with Crippen molar-refractivity contribution >= 4 is 11.9 Å².